The predicted molar refractivity (Wildman–Crippen MR) is 90.7 cm³/mol. The Morgan fingerprint density at radius 3 is 2.91 bits per heavy atom. The molecule has 1 aliphatic carbocycles. The zero-order chi connectivity index (χ0) is 15.5. The van der Waals surface area contributed by atoms with Crippen molar-refractivity contribution in [2.24, 2.45) is 5.92 Å². The van der Waals surface area contributed by atoms with Crippen molar-refractivity contribution in [3.63, 3.8) is 0 Å². The molecule has 2 fully saturated rings. The lowest BCUT2D eigenvalue weighted by Crippen LogP contribution is -2.58. The summed E-state index contributed by atoms with van der Waals surface area (Å²) in [7, 11) is 1.75. The van der Waals surface area contributed by atoms with E-state index in [1.54, 1.807) is 11.9 Å². The molecule has 1 N–H and O–H groups in total. The summed E-state index contributed by atoms with van der Waals surface area (Å²) in [5.41, 5.74) is 0.135. The zero-order valence-corrected chi connectivity index (χ0v) is 14.7. The minimum atomic E-state index is -0.770. The first kappa shape index (κ1) is 14.5. The number of carbonyl (C=O) groups excluding carboxylic acids is 1. The third-order valence-electron chi connectivity index (χ3n) is 5.15. The lowest BCUT2D eigenvalue weighted by atomic mass is 9.67. The third-order valence-corrected chi connectivity index (χ3v) is 6.02. The Bertz CT molecular complexity index is 680. The van der Waals surface area contributed by atoms with E-state index in [1.165, 1.54) is 0 Å². The van der Waals surface area contributed by atoms with Crippen LogP contribution in [0.3, 0.4) is 0 Å². The Kier molecular flexibility index (Phi) is 3.24. The van der Waals surface area contributed by atoms with Crippen LogP contribution in [0.4, 0.5) is 0 Å². The maximum atomic E-state index is 13.1. The van der Waals surface area contributed by atoms with Gasteiger partial charge in [0.15, 0.2) is 10.7 Å². The number of halogens is 1. The van der Waals surface area contributed by atoms with Gasteiger partial charge in [-0.2, -0.15) is 0 Å². The van der Waals surface area contributed by atoms with Crippen LogP contribution in [0.1, 0.15) is 31.2 Å². The normalized spacial score (nSPS) is 33.3. The topological polar surface area (TPSA) is 41.6 Å². The number of benzene rings is 1. The standard InChI is InChI=1S/C16H17BrN2O2S/c1-19-14(20)16(18-15(19)22)10-4-2-3-5-12(10)21-13-7-6-9(17)8-11(13)16/h6-8,10,12H,2-5H2,1H3,(H,18,22). The number of carbonyl (C=O) groups is 1. The summed E-state index contributed by atoms with van der Waals surface area (Å²) in [4.78, 5) is 14.7. The number of hydrogen-bond acceptors (Lipinski definition) is 3. The molecule has 2 aliphatic heterocycles. The van der Waals surface area contributed by atoms with Crippen molar-refractivity contribution < 1.29 is 9.53 Å². The van der Waals surface area contributed by atoms with E-state index in [9.17, 15) is 4.79 Å². The van der Waals surface area contributed by atoms with Crippen molar-refractivity contribution in [3.05, 3.63) is 28.2 Å². The largest absolute Gasteiger partial charge is 0.490 e. The summed E-state index contributed by atoms with van der Waals surface area (Å²) in [5, 5.41) is 3.86. The van der Waals surface area contributed by atoms with Crippen LogP contribution in [-0.2, 0) is 10.3 Å². The maximum absolute atomic E-state index is 13.1. The number of thiocarbonyl (C=S) groups is 1. The quantitative estimate of drug-likeness (QED) is 0.702. The van der Waals surface area contributed by atoms with Gasteiger partial charge in [-0.1, -0.05) is 22.4 Å². The molecule has 3 atom stereocenters. The van der Waals surface area contributed by atoms with Crippen LogP contribution in [0.15, 0.2) is 22.7 Å². The van der Waals surface area contributed by atoms with Crippen LogP contribution in [0.5, 0.6) is 5.75 Å². The molecule has 3 unspecified atom stereocenters. The number of fused-ring (bicyclic) bond motifs is 4. The molecule has 1 spiro atoms. The summed E-state index contributed by atoms with van der Waals surface area (Å²) < 4.78 is 7.16. The van der Waals surface area contributed by atoms with E-state index >= 15 is 0 Å². The summed E-state index contributed by atoms with van der Waals surface area (Å²) in [5.74, 6) is 0.959. The summed E-state index contributed by atoms with van der Waals surface area (Å²) in [6.45, 7) is 0. The van der Waals surface area contributed by atoms with Gasteiger partial charge in [0, 0.05) is 23.0 Å². The molecule has 4 rings (SSSR count). The number of ether oxygens (including phenoxy) is 1. The molecule has 2 heterocycles. The average Bonchev–Trinajstić information content (AvgIpc) is 2.74. The summed E-state index contributed by atoms with van der Waals surface area (Å²) in [6, 6.07) is 5.90. The number of nitrogens with zero attached hydrogens (tertiary/aromatic N) is 1. The van der Waals surface area contributed by atoms with Gasteiger partial charge in [0.05, 0.1) is 0 Å². The van der Waals surface area contributed by atoms with Gasteiger partial charge in [0.1, 0.15) is 11.9 Å². The molecule has 1 amide bonds. The van der Waals surface area contributed by atoms with E-state index < -0.39 is 5.54 Å². The molecular weight excluding hydrogens is 364 g/mol. The van der Waals surface area contributed by atoms with Crippen LogP contribution >= 0.6 is 28.1 Å². The van der Waals surface area contributed by atoms with Crippen molar-refractivity contribution in [3.8, 4) is 5.75 Å². The van der Waals surface area contributed by atoms with Crippen molar-refractivity contribution in [2.45, 2.75) is 37.3 Å². The van der Waals surface area contributed by atoms with E-state index in [4.69, 9.17) is 17.0 Å². The molecule has 1 aromatic carbocycles. The van der Waals surface area contributed by atoms with Crippen LogP contribution in [0.2, 0.25) is 0 Å². The first-order chi connectivity index (χ1) is 10.5. The Morgan fingerprint density at radius 1 is 1.41 bits per heavy atom. The van der Waals surface area contributed by atoms with Crippen molar-refractivity contribution in [1.82, 2.24) is 10.2 Å². The first-order valence-electron chi connectivity index (χ1n) is 7.61. The van der Waals surface area contributed by atoms with E-state index in [0.717, 1.165) is 41.5 Å². The molecule has 3 aliphatic rings. The zero-order valence-electron chi connectivity index (χ0n) is 12.3. The van der Waals surface area contributed by atoms with E-state index in [2.05, 4.69) is 21.2 Å². The van der Waals surface area contributed by atoms with Gasteiger partial charge < -0.3 is 10.1 Å². The van der Waals surface area contributed by atoms with Crippen LogP contribution < -0.4 is 10.1 Å². The molecule has 0 aromatic heterocycles. The highest BCUT2D eigenvalue weighted by atomic mass is 79.9. The number of amides is 1. The monoisotopic (exact) mass is 380 g/mol. The van der Waals surface area contributed by atoms with Crippen molar-refractivity contribution >= 4 is 39.2 Å². The smallest absolute Gasteiger partial charge is 0.259 e. The van der Waals surface area contributed by atoms with E-state index in [0.29, 0.717) is 5.11 Å². The Labute approximate surface area is 143 Å². The van der Waals surface area contributed by atoms with Gasteiger partial charge in [-0.05, 0) is 49.7 Å². The second-order valence-electron chi connectivity index (χ2n) is 6.29. The number of hydrogen-bond donors (Lipinski definition) is 1. The van der Waals surface area contributed by atoms with Gasteiger partial charge in [0.2, 0.25) is 0 Å². The fourth-order valence-electron chi connectivity index (χ4n) is 4.11. The predicted octanol–water partition coefficient (Wildman–Crippen LogP) is 2.94. The third kappa shape index (κ3) is 1.80. The van der Waals surface area contributed by atoms with Gasteiger partial charge in [-0.15, -0.1) is 0 Å². The van der Waals surface area contributed by atoms with Gasteiger partial charge >= 0.3 is 0 Å². The summed E-state index contributed by atoms with van der Waals surface area (Å²) >= 11 is 8.89. The van der Waals surface area contributed by atoms with E-state index in [-0.39, 0.29) is 17.9 Å². The summed E-state index contributed by atoms with van der Waals surface area (Å²) in [6.07, 6.45) is 4.32. The molecule has 6 heteroatoms. The Balaban J connectivity index is 1.95. The minimum Gasteiger partial charge on any atom is -0.490 e. The molecule has 1 saturated carbocycles. The highest BCUT2D eigenvalue weighted by molar-refractivity contribution is 9.10. The Morgan fingerprint density at radius 2 is 2.18 bits per heavy atom. The molecule has 1 aromatic rings. The molecule has 0 radical (unpaired) electrons. The van der Waals surface area contributed by atoms with Crippen molar-refractivity contribution in [1.29, 1.82) is 0 Å². The van der Waals surface area contributed by atoms with Gasteiger partial charge in [-0.25, -0.2) is 0 Å². The molecule has 116 valence electrons. The van der Waals surface area contributed by atoms with Crippen LogP contribution in [-0.4, -0.2) is 29.1 Å². The number of likely N-dealkylation sites (N-methyl/N-ethyl adjacent to an activating group) is 1. The molecule has 1 saturated heterocycles. The van der Waals surface area contributed by atoms with Crippen LogP contribution in [0, 0.1) is 5.92 Å². The number of nitrogens with one attached hydrogen (secondary N) is 1. The second-order valence-corrected chi connectivity index (χ2v) is 7.59. The van der Waals surface area contributed by atoms with Crippen LogP contribution in [0.25, 0.3) is 0 Å². The highest BCUT2D eigenvalue weighted by Gasteiger charge is 2.60. The minimum absolute atomic E-state index is 0.0389. The first-order valence-corrected chi connectivity index (χ1v) is 8.81. The van der Waals surface area contributed by atoms with Crippen molar-refractivity contribution in [2.75, 3.05) is 7.05 Å². The van der Waals surface area contributed by atoms with E-state index in [1.807, 2.05) is 18.2 Å². The fourth-order valence-corrected chi connectivity index (χ4v) is 4.71. The lowest BCUT2D eigenvalue weighted by Gasteiger charge is -2.47. The highest BCUT2D eigenvalue weighted by Crippen LogP contribution is 2.51. The van der Waals surface area contributed by atoms with Gasteiger partial charge in [0.25, 0.3) is 5.91 Å². The maximum Gasteiger partial charge on any atom is 0.259 e. The second kappa shape index (κ2) is 4.93. The van der Waals surface area contributed by atoms with Gasteiger partial charge in [-0.3, -0.25) is 9.69 Å². The molecule has 22 heavy (non-hydrogen) atoms. The SMILES string of the molecule is CN1C(=O)C2(NC1=S)c1cc(Br)ccc1OC1CCCCC12. The molecule has 4 nitrogen and oxygen atoms in total. The average molecular weight is 381 g/mol. The Hall–Kier alpha value is -1.14. The number of rotatable bonds is 0. The fraction of sp³-hybridized carbons (Fsp3) is 0.500. The molecule has 0 bridgehead atoms. The molecular formula is C16H17BrN2O2S. The lowest BCUT2D eigenvalue weighted by molar-refractivity contribution is -0.136.